The third kappa shape index (κ3) is 1.34. The maximum Gasteiger partial charge on any atom is 0.254 e. The van der Waals surface area contributed by atoms with E-state index < -0.39 is 5.91 Å². The molecule has 0 saturated heterocycles. The molecule has 0 bridgehead atoms. The molecule has 1 amide bonds. The van der Waals surface area contributed by atoms with Crippen molar-refractivity contribution in [2.24, 2.45) is 5.73 Å². The first-order valence-corrected chi connectivity index (χ1v) is 3.37. The lowest BCUT2D eigenvalue weighted by Crippen LogP contribution is -2.10. The maximum atomic E-state index is 10.8. The van der Waals surface area contributed by atoms with Crippen LogP contribution in [0, 0.1) is 0 Å². The average Bonchev–Trinajstić information content (AvgIpc) is 2.47. The van der Waals surface area contributed by atoms with Crippen LogP contribution in [-0.2, 0) is 0 Å². The molecule has 0 saturated carbocycles. The third-order valence-electron chi connectivity index (χ3n) is 1.54. The van der Waals surface area contributed by atoms with E-state index in [4.69, 9.17) is 5.73 Å². The summed E-state index contributed by atoms with van der Waals surface area (Å²) >= 11 is 0. The highest BCUT2D eigenvalue weighted by Crippen LogP contribution is 2.04. The van der Waals surface area contributed by atoms with Gasteiger partial charge in [0.15, 0.2) is 5.65 Å². The van der Waals surface area contributed by atoms with E-state index in [0.29, 0.717) is 11.2 Å². The van der Waals surface area contributed by atoms with E-state index in [2.05, 4.69) is 10.1 Å². The Bertz CT molecular complexity index is 437. The molecule has 6 nitrogen and oxygen atoms in total. The topological polar surface area (TPSA) is 105 Å². The Labute approximate surface area is 73.3 Å². The lowest BCUT2D eigenvalue weighted by atomic mass is 10.3. The summed E-state index contributed by atoms with van der Waals surface area (Å²) in [6.07, 6.45) is 4.70. The van der Waals surface area contributed by atoms with Crippen LogP contribution in [0.1, 0.15) is 10.4 Å². The van der Waals surface area contributed by atoms with Crippen LogP contribution in [0.5, 0.6) is 0 Å². The van der Waals surface area contributed by atoms with Crippen molar-refractivity contribution in [1.82, 2.24) is 14.6 Å². The first kappa shape index (κ1) is 9.14. The maximum absolute atomic E-state index is 10.8. The normalized spacial score (nSPS) is 9.54. The fourth-order valence-electron chi connectivity index (χ4n) is 1.00. The summed E-state index contributed by atoms with van der Waals surface area (Å²) in [5, 5.41) is 3.89. The van der Waals surface area contributed by atoms with Gasteiger partial charge in [-0.3, -0.25) is 4.79 Å². The van der Waals surface area contributed by atoms with Crippen LogP contribution in [0.15, 0.2) is 24.7 Å². The molecule has 13 heavy (non-hydrogen) atoms. The summed E-state index contributed by atoms with van der Waals surface area (Å²) in [5.74, 6) is -0.510. The molecule has 0 unspecified atom stereocenters. The lowest BCUT2D eigenvalue weighted by molar-refractivity contribution is 0.100. The molecule has 0 atom stereocenters. The summed E-state index contributed by atoms with van der Waals surface area (Å²) in [4.78, 5) is 14.8. The summed E-state index contributed by atoms with van der Waals surface area (Å²) < 4.78 is 1.50. The second-order valence-corrected chi connectivity index (χ2v) is 2.31. The molecule has 0 radical (unpaired) electrons. The number of aromatic nitrogens is 3. The Morgan fingerprint density at radius 2 is 2.31 bits per heavy atom. The molecular weight excluding hydrogens is 172 g/mol. The van der Waals surface area contributed by atoms with Crippen LogP contribution in [-0.4, -0.2) is 26.0 Å². The predicted octanol–water partition coefficient (Wildman–Crippen LogP) is -0.997. The number of nitrogens with zero attached hydrogens (tertiary/aromatic N) is 3. The summed E-state index contributed by atoms with van der Waals surface area (Å²) in [5.41, 5.74) is 5.93. The standard InChI is InChI=1S/C7H6N4O.H2O/c8-6(12)5-4-10-11-3-1-2-9-7(5)11;/h1-4H,(H2,8,12);1H2. The molecule has 0 spiro atoms. The first-order valence-electron chi connectivity index (χ1n) is 3.37. The number of carbonyl (C=O) groups is 1. The molecule has 0 aliphatic carbocycles. The molecule has 2 rings (SSSR count). The Morgan fingerprint density at radius 3 is 3.00 bits per heavy atom. The SMILES string of the molecule is NC(=O)c1cnn2cccnc12.O. The smallest absolute Gasteiger partial charge is 0.254 e. The Morgan fingerprint density at radius 1 is 1.54 bits per heavy atom. The van der Waals surface area contributed by atoms with E-state index >= 15 is 0 Å². The summed E-state index contributed by atoms with van der Waals surface area (Å²) in [6, 6.07) is 1.73. The average molecular weight is 180 g/mol. The predicted molar refractivity (Wildman–Crippen MR) is 45.1 cm³/mol. The zero-order valence-corrected chi connectivity index (χ0v) is 6.64. The molecular formula is C7H8N4O2. The molecule has 68 valence electrons. The van der Waals surface area contributed by atoms with Crippen molar-refractivity contribution in [2.45, 2.75) is 0 Å². The van der Waals surface area contributed by atoms with Crippen molar-refractivity contribution in [3.63, 3.8) is 0 Å². The van der Waals surface area contributed by atoms with Gasteiger partial charge in [-0.15, -0.1) is 0 Å². The number of amides is 1. The van der Waals surface area contributed by atoms with Crippen molar-refractivity contribution < 1.29 is 10.3 Å². The van der Waals surface area contributed by atoms with Crippen LogP contribution in [0.3, 0.4) is 0 Å². The van der Waals surface area contributed by atoms with Gasteiger partial charge in [-0.25, -0.2) is 9.50 Å². The lowest BCUT2D eigenvalue weighted by Gasteiger charge is -1.90. The highest BCUT2D eigenvalue weighted by atomic mass is 16.1. The van der Waals surface area contributed by atoms with Crippen molar-refractivity contribution in [3.05, 3.63) is 30.2 Å². The van der Waals surface area contributed by atoms with Crippen LogP contribution in [0.4, 0.5) is 0 Å². The Balaban J connectivity index is 0.000000845. The van der Waals surface area contributed by atoms with Crippen LogP contribution in [0.25, 0.3) is 5.65 Å². The van der Waals surface area contributed by atoms with Crippen molar-refractivity contribution in [3.8, 4) is 0 Å². The van der Waals surface area contributed by atoms with Crippen LogP contribution < -0.4 is 5.73 Å². The highest BCUT2D eigenvalue weighted by molar-refractivity contribution is 5.98. The molecule has 2 aromatic rings. The second-order valence-electron chi connectivity index (χ2n) is 2.31. The molecule has 2 heterocycles. The van der Waals surface area contributed by atoms with Gasteiger partial charge in [-0.05, 0) is 6.07 Å². The van der Waals surface area contributed by atoms with Gasteiger partial charge >= 0.3 is 0 Å². The first-order chi connectivity index (χ1) is 5.79. The number of hydrogen-bond donors (Lipinski definition) is 1. The van der Waals surface area contributed by atoms with Gasteiger partial charge < -0.3 is 11.2 Å². The van der Waals surface area contributed by atoms with Crippen molar-refractivity contribution in [2.75, 3.05) is 0 Å². The van der Waals surface area contributed by atoms with Gasteiger partial charge in [0.1, 0.15) is 5.56 Å². The number of primary amides is 1. The van der Waals surface area contributed by atoms with E-state index in [1.165, 1.54) is 10.7 Å². The van der Waals surface area contributed by atoms with Crippen molar-refractivity contribution >= 4 is 11.6 Å². The molecule has 0 aliphatic heterocycles. The highest BCUT2D eigenvalue weighted by Gasteiger charge is 2.08. The number of carbonyl (C=O) groups excluding carboxylic acids is 1. The monoisotopic (exact) mass is 180 g/mol. The van der Waals surface area contributed by atoms with Crippen LogP contribution in [0.2, 0.25) is 0 Å². The van der Waals surface area contributed by atoms with E-state index in [-0.39, 0.29) is 5.48 Å². The Hall–Kier alpha value is -1.95. The number of nitrogens with two attached hydrogens (primary N) is 1. The largest absolute Gasteiger partial charge is 0.412 e. The van der Waals surface area contributed by atoms with Gasteiger partial charge in [0.25, 0.3) is 5.91 Å². The molecule has 6 heteroatoms. The van der Waals surface area contributed by atoms with Crippen LogP contribution >= 0.6 is 0 Å². The second kappa shape index (κ2) is 3.20. The molecule has 0 aliphatic rings. The van der Waals surface area contributed by atoms with Gasteiger partial charge in [-0.1, -0.05) is 0 Å². The zero-order chi connectivity index (χ0) is 8.55. The fourth-order valence-corrected chi connectivity index (χ4v) is 1.00. The van der Waals surface area contributed by atoms with E-state index in [0.717, 1.165) is 0 Å². The third-order valence-corrected chi connectivity index (χ3v) is 1.54. The number of rotatable bonds is 1. The molecule has 4 N–H and O–H groups in total. The van der Waals surface area contributed by atoms with Gasteiger partial charge in [0.2, 0.25) is 0 Å². The molecule has 0 aromatic carbocycles. The minimum Gasteiger partial charge on any atom is -0.412 e. The number of fused-ring (bicyclic) bond motifs is 1. The minimum atomic E-state index is -0.510. The molecule has 0 fully saturated rings. The molecule has 2 aromatic heterocycles. The van der Waals surface area contributed by atoms with E-state index in [9.17, 15) is 4.79 Å². The zero-order valence-electron chi connectivity index (χ0n) is 6.64. The minimum absolute atomic E-state index is 0. The fraction of sp³-hybridized carbons (Fsp3) is 0. The van der Waals surface area contributed by atoms with Crippen molar-refractivity contribution in [1.29, 1.82) is 0 Å². The number of hydrogen-bond acceptors (Lipinski definition) is 3. The van der Waals surface area contributed by atoms with Gasteiger partial charge in [0.05, 0.1) is 6.20 Å². The Kier molecular flexibility index (Phi) is 2.25. The quantitative estimate of drug-likeness (QED) is 0.608. The van der Waals surface area contributed by atoms with Gasteiger partial charge in [0, 0.05) is 12.4 Å². The summed E-state index contributed by atoms with van der Waals surface area (Å²) in [6.45, 7) is 0. The van der Waals surface area contributed by atoms with Gasteiger partial charge in [-0.2, -0.15) is 5.10 Å². The van der Waals surface area contributed by atoms with E-state index in [1.54, 1.807) is 18.5 Å². The van der Waals surface area contributed by atoms with E-state index in [1.807, 2.05) is 0 Å². The summed E-state index contributed by atoms with van der Waals surface area (Å²) in [7, 11) is 0.